The molecule has 0 aromatic rings. The van der Waals surface area contributed by atoms with Crippen LogP contribution in [0.5, 0.6) is 0 Å². The molecule has 3 heteroatoms. The van der Waals surface area contributed by atoms with Crippen molar-refractivity contribution >= 4 is 0 Å². The van der Waals surface area contributed by atoms with Crippen molar-refractivity contribution in [2.45, 2.75) is 57.0 Å². The zero-order chi connectivity index (χ0) is 11.4. The molecule has 2 aliphatic rings. The van der Waals surface area contributed by atoms with E-state index in [0.717, 1.165) is 13.1 Å². The molecule has 1 N–H and O–H groups in total. The fourth-order valence-corrected chi connectivity index (χ4v) is 3.47. The summed E-state index contributed by atoms with van der Waals surface area (Å²) in [6.45, 7) is 4.80. The van der Waals surface area contributed by atoms with E-state index in [9.17, 15) is 4.39 Å². The molecule has 2 nitrogen and oxygen atoms in total. The summed E-state index contributed by atoms with van der Waals surface area (Å²) < 4.78 is 12.7. The van der Waals surface area contributed by atoms with Gasteiger partial charge in [0.15, 0.2) is 0 Å². The molecule has 1 spiro atoms. The molecule has 2 rings (SSSR count). The smallest absolute Gasteiger partial charge is 0.102 e. The molecule has 1 atom stereocenters. The normalized spacial score (nSPS) is 30.0. The third kappa shape index (κ3) is 2.40. The van der Waals surface area contributed by atoms with E-state index >= 15 is 0 Å². The van der Waals surface area contributed by atoms with Crippen molar-refractivity contribution in [2.24, 2.45) is 0 Å². The number of rotatable bonds is 4. The van der Waals surface area contributed by atoms with Gasteiger partial charge in [0.05, 0.1) is 0 Å². The van der Waals surface area contributed by atoms with Crippen LogP contribution in [0.2, 0.25) is 0 Å². The second-order valence-corrected chi connectivity index (χ2v) is 5.43. The molecule has 2 fully saturated rings. The number of nitrogens with one attached hydrogen (secondary N) is 1. The van der Waals surface area contributed by atoms with E-state index in [4.69, 9.17) is 0 Å². The van der Waals surface area contributed by atoms with E-state index in [-0.39, 0.29) is 6.67 Å². The minimum atomic E-state index is -0.194. The first-order chi connectivity index (χ1) is 7.80. The average Bonchev–Trinajstić information content (AvgIpc) is 2.74. The van der Waals surface area contributed by atoms with Gasteiger partial charge in [-0.1, -0.05) is 26.2 Å². The molecule has 1 heterocycles. The summed E-state index contributed by atoms with van der Waals surface area (Å²) in [7, 11) is 0. The van der Waals surface area contributed by atoms with Crippen LogP contribution < -0.4 is 5.32 Å². The first-order valence-electron chi connectivity index (χ1n) is 6.85. The topological polar surface area (TPSA) is 15.3 Å². The number of hydrogen-bond acceptors (Lipinski definition) is 2. The molecule has 0 amide bonds. The largest absolute Gasteiger partial charge is 0.311 e. The molecule has 94 valence electrons. The Bertz CT molecular complexity index is 214. The molecule has 16 heavy (non-hydrogen) atoms. The van der Waals surface area contributed by atoms with Gasteiger partial charge < -0.3 is 5.32 Å². The van der Waals surface area contributed by atoms with Gasteiger partial charge in [-0.15, -0.1) is 0 Å². The first kappa shape index (κ1) is 12.3. The molecule has 0 bridgehead atoms. The predicted octanol–water partition coefficient (Wildman–Crippen LogP) is 2.34. The molecular formula is C13H25FN2. The summed E-state index contributed by atoms with van der Waals surface area (Å²) in [6.07, 6.45) is 7.61. The molecule has 0 radical (unpaired) electrons. The van der Waals surface area contributed by atoms with Crippen molar-refractivity contribution in [3.05, 3.63) is 0 Å². The van der Waals surface area contributed by atoms with Crippen molar-refractivity contribution in [1.29, 1.82) is 0 Å². The summed E-state index contributed by atoms with van der Waals surface area (Å²) in [5.74, 6) is 0. The van der Waals surface area contributed by atoms with Gasteiger partial charge in [-0.2, -0.15) is 0 Å². The molecule has 0 aromatic carbocycles. The average molecular weight is 228 g/mol. The lowest BCUT2D eigenvalue weighted by Crippen LogP contribution is -2.63. The minimum Gasteiger partial charge on any atom is -0.311 e. The van der Waals surface area contributed by atoms with Gasteiger partial charge in [0.2, 0.25) is 0 Å². The molecular weight excluding hydrogens is 203 g/mol. The second-order valence-electron chi connectivity index (χ2n) is 5.43. The van der Waals surface area contributed by atoms with Gasteiger partial charge in [-0.3, -0.25) is 4.90 Å². The van der Waals surface area contributed by atoms with Crippen LogP contribution in [0.25, 0.3) is 0 Å². The van der Waals surface area contributed by atoms with E-state index in [0.29, 0.717) is 18.1 Å². The molecule has 1 aliphatic carbocycles. The maximum absolute atomic E-state index is 12.7. The quantitative estimate of drug-likeness (QED) is 0.794. The maximum atomic E-state index is 12.7. The standard InChI is InChI=1S/C13H25FN2/c1-2-5-12-10-16(9-8-14)13(11-15-12)6-3-4-7-13/h12,15H,2-11H2,1H3. The fraction of sp³-hybridized carbons (Fsp3) is 1.00. The highest BCUT2D eigenvalue weighted by atomic mass is 19.1. The summed E-state index contributed by atoms with van der Waals surface area (Å²) in [5, 5.41) is 3.68. The Labute approximate surface area is 98.6 Å². The predicted molar refractivity (Wildman–Crippen MR) is 65.4 cm³/mol. The van der Waals surface area contributed by atoms with Crippen LogP contribution in [0, 0.1) is 0 Å². The highest BCUT2D eigenvalue weighted by Crippen LogP contribution is 2.36. The van der Waals surface area contributed by atoms with Crippen LogP contribution in [0.4, 0.5) is 4.39 Å². The molecule has 1 saturated carbocycles. The Kier molecular flexibility index (Phi) is 4.20. The highest BCUT2D eigenvalue weighted by Gasteiger charge is 2.42. The number of piperazine rings is 1. The number of alkyl halides is 1. The van der Waals surface area contributed by atoms with Crippen LogP contribution in [0.3, 0.4) is 0 Å². The third-order valence-electron chi connectivity index (χ3n) is 4.36. The SMILES string of the molecule is CCCC1CN(CCF)C2(CCCC2)CN1. The zero-order valence-electron chi connectivity index (χ0n) is 10.5. The first-order valence-corrected chi connectivity index (χ1v) is 6.85. The fourth-order valence-electron chi connectivity index (χ4n) is 3.47. The lowest BCUT2D eigenvalue weighted by Gasteiger charge is -2.48. The van der Waals surface area contributed by atoms with Crippen molar-refractivity contribution < 1.29 is 4.39 Å². The van der Waals surface area contributed by atoms with Gasteiger partial charge >= 0.3 is 0 Å². The van der Waals surface area contributed by atoms with Gasteiger partial charge in [0, 0.05) is 31.2 Å². The highest BCUT2D eigenvalue weighted by molar-refractivity contribution is 5.01. The Morgan fingerprint density at radius 2 is 2.12 bits per heavy atom. The molecule has 1 aliphatic heterocycles. The molecule has 1 unspecified atom stereocenters. The number of nitrogens with zero attached hydrogens (tertiary/aromatic N) is 1. The van der Waals surface area contributed by atoms with E-state index < -0.39 is 0 Å². The van der Waals surface area contributed by atoms with Crippen molar-refractivity contribution in [2.75, 3.05) is 26.3 Å². The minimum absolute atomic E-state index is 0.194. The maximum Gasteiger partial charge on any atom is 0.102 e. The lowest BCUT2D eigenvalue weighted by atomic mass is 9.90. The van der Waals surface area contributed by atoms with Gasteiger partial charge in [0.1, 0.15) is 6.67 Å². The Hall–Kier alpha value is -0.150. The van der Waals surface area contributed by atoms with Crippen LogP contribution in [-0.2, 0) is 0 Å². The van der Waals surface area contributed by atoms with Crippen LogP contribution in [-0.4, -0.2) is 42.8 Å². The van der Waals surface area contributed by atoms with Gasteiger partial charge in [0.25, 0.3) is 0 Å². The Balaban J connectivity index is 1.98. The summed E-state index contributed by atoms with van der Waals surface area (Å²) >= 11 is 0. The third-order valence-corrected chi connectivity index (χ3v) is 4.36. The number of hydrogen-bond donors (Lipinski definition) is 1. The Morgan fingerprint density at radius 1 is 1.38 bits per heavy atom. The van der Waals surface area contributed by atoms with Gasteiger partial charge in [-0.25, -0.2) is 4.39 Å². The zero-order valence-corrected chi connectivity index (χ0v) is 10.5. The van der Waals surface area contributed by atoms with E-state index in [2.05, 4.69) is 17.1 Å². The van der Waals surface area contributed by atoms with Crippen molar-refractivity contribution in [3.8, 4) is 0 Å². The van der Waals surface area contributed by atoms with E-state index in [1.165, 1.54) is 38.5 Å². The van der Waals surface area contributed by atoms with Crippen molar-refractivity contribution in [3.63, 3.8) is 0 Å². The van der Waals surface area contributed by atoms with Crippen LogP contribution >= 0.6 is 0 Å². The van der Waals surface area contributed by atoms with Crippen LogP contribution in [0.15, 0.2) is 0 Å². The van der Waals surface area contributed by atoms with Crippen molar-refractivity contribution in [1.82, 2.24) is 10.2 Å². The molecule has 0 aromatic heterocycles. The second kappa shape index (κ2) is 5.46. The lowest BCUT2D eigenvalue weighted by molar-refractivity contribution is 0.0362. The number of halogens is 1. The summed E-state index contributed by atoms with van der Waals surface area (Å²) in [5.41, 5.74) is 0.302. The summed E-state index contributed by atoms with van der Waals surface area (Å²) in [4.78, 5) is 2.44. The Morgan fingerprint density at radius 3 is 2.75 bits per heavy atom. The van der Waals surface area contributed by atoms with E-state index in [1.807, 2.05) is 0 Å². The van der Waals surface area contributed by atoms with Crippen LogP contribution in [0.1, 0.15) is 45.4 Å². The monoisotopic (exact) mass is 228 g/mol. The molecule has 1 saturated heterocycles. The van der Waals surface area contributed by atoms with E-state index in [1.54, 1.807) is 0 Å². The summed E-state index contributed by atoms with van der Waals surface area (Å²) in [6, 6.07) is 0.586. The van der Waals surface area contributed by atoms with Gasteiger partial charge in [-0.05, 0) is 19.3 Å².